The first-order valence-electron chi connectivity index (χ1n) is 10.3. The summed E-state index contributed by atoms with van der Waals surface area (Å²) in [6, 6.07) is 7.51. The summed E-state index contributed by atoms with van der Waals surface area (Å²) in [6.07, 6.45) is 2.06. The maximum absolute atomic E-state index is 12.9. The van der Waals surface area contributed by atoms with Gasteiger partial charge in [-0.05, 0) is 59.7 Å². The minimum absolute atomic E-state index is 0.211. The van der Waals surface area contributed by atoms with Gasteiger partial charge in [0.15, 0.2) is 5.69 Å². The number of anilines is 1. The second-order valence-electron chi connectivity index (χ2n) is 8.91. The molecule has 4 rings (SSSR count). The summed E-state index contributed by atoms with van der Waals surface area (Å²) < 4.78 is 14.1. The first-order valence-corrected chi connectivity index (χ1v) is 10.7. The fraction of sp³-hybridized carbons (Fsp3) is 0.524. The predicted molar refractivity (Wildman–Crippen MR) is 118 cm³/mol. The number of carbonyl (C=O) groups is 1. The number of benzene rings is 1. The van der Waals surface area contributed by atoms with Crippen LogP contribution in [0, 0.1) is 0 Å². The molecule has 30 heavy (non-hydrogen) atoms. The van der Waals surface area contributed by atoms with Crippen LogP contribution in [0.15, 0.2) is 24.3 Å². The molecule has 0 aliphatic carbocycles. The monoisotopic (exact) mass is 430 g/mol. The zero-order chi connectivity index (χ0) is 21.7. The van der Waals surface area contributed by atoms with Crippen LogP contribution in [0.2, 0.25) is 5.02 Å². The molecule has 2 aliphatic heterocycles. The van der Waals surface area contributed by atoms with E-state index < -0.39 is 18.3 Å². The number of fused-ring (bicyclic) bond motifs is 1. The van der Waals surface area contributed by atoms with E-state index in [1.807, 2.05) is 57.6 Å². The van der Waals surface area contributed by atoms with Gasteiger partial charge >= 0.3 is 7.12 Å². The average Bonchev–Trinajstić information content (AvgIpc) is 3.21. The number of aromatic nitrogens is 2. The molecular weight excluding hydrogens is 403 g/mol. The van der Waals surface area contributed by atoms with Crippen molar-refractivity contribution >= 4 is 35.8 Å². The van der Waals surface area contributed by atoms with Gasteiger partial charge in [-0.2, -0.15) is 5.10 Å². The van der Waals surface area contributed by atoms with Crippen LogP contribution in [-0.2, 0) is 15.9 Å². The van der Waals surface area contributed by atoms with E-state index in [4.69, 9.17) is 20.9 Å². The Hall–Kier alpha value is -1.87. The van der Waals surface area contributed by atoms with Gasteiger partial charge in [-0.3, -0.25) is 9.48 Å². The minimum Gasteiger partial charge on any atom is -0.399 e. The number of amides is 1. The Bertz CT molecular complexity index is 959. The van der Waals surface area contributed by atoms with Crippen LogP contribution >= 0.6 is 11.6 Å². The molecule has 0 unspecified atom stereocenters. The highest BCUT2D eigenvalue weighted by atomic mass is 35.5. The van der Waals surface area contributed by atoms with E-state index in [-0.39, 0.29) is 11.9 Å². The van der Waals surface area contributed by atoms with Gasteiger partial charge in [0, 0.05) is 18.0 Å². The van der Waals surface area contributed by atoms with Gasteiger partial charge < -0.3 is 19.9 Å². The molecule has 1 fully saturated rings. The van der Waals surface area contributed by atoms with E-state index in [9.17, 15) is 4.79 Å². The number of halogens is 1. The molecule has 3 heterocycles. The van der Waals surface area contributed by atoms with Crippen molar-refractivity contribution in [1.82, 2.24) is 15.1 Å². The number of rotatable bonds is 4. The van der Waals surface area contributed by atoms with Crippen molar-refractivity contribution in [2.75, 3.05) is 12.4 Å². The molecule has 1 aromatic carbocycles. The molecule has 160 valence electrons. The first-order chi connectivity index (χ1) is 14.1. The van der Waals surface area contributed by atoms with Crippen LogP contribution in [0.5, 0.6) is 0 Å². The van der Waals surface area contributed by atoms with Gasteiger partial charge in [0.25, 0.3) is 5.91 Å². The Morgan fingerprint density at radius 2 is 1.97 bits per heavy atom. The Kier molecular flexibility index (Phi) is 5.47. The van der Waals surface area contributed by atoms with E-state index in [2.05, 4.69) is 15.7 Å². The highest BCUT2D eigenvalue weighted by molar-refractivity contribution is 6.66. The maximum atomic E-state index is 12.9. The topological polar surface area (TPSA) is 77.4 Å². The Morgan fingerprint density at radius 3 is 2.63 bits per heavy atom. The molecule has 7 nitrogen and oxygen atoms in total. The first kappa shape index (κ1) is 21.4. The van der Waals surface area contributed by atoms with Gasteiger partial charge in [0.1, 0.15) is 0 Å². The number of nitrogens with one attached hydrogen (secondary N) is 2. The smallest absolute Gasteiger partial charge is 0.399 e. The molecular formula is C21H28BClN4O3. The van der Waals surface area contributed by atoms with Gasteiger partial charge in [-0.1, -0.05) is 23.7 Å². The van der Waals surface area contributed by atoms with E-state index in [1.165, 1.54) is 0 Å². The highest BCUT2D eigenvalue weighted by Crippen LogP contribution is 2.37. The third-order valence-corrected chi connectivity index (χ3v) is 6.82. The molecule has 2 aliphatic rings. The number of nitrogens with zero attached hydrogens (tertiary/aromatic N) is 2. The quantitative estimate of drug-likeness (QED) is 0.729. The van der Waals surface area contributed by atoms with Crippen LogP contribution in [0.3, 0.4) is 0 Å². The van der Waals surface area contributed by atoms with Crippen molar-refractivity contribution in [3.05, 3.63) is 40.7 Å². The molecule has 2 aromatic rings. The van der Waals surface area contributed by atoms with E-state index in [1.54, 1.807) is 6.07 Å². The predicted octanol–water partition coefficient (Wildman–Crippen LogP) is 3.14. The van der Waals surface area contributed by atoms with E-state index in [0.29, 0.717) is 21.9 Å². The van der Waals surface area contributed by atoms with Gasteiger partial charge in [0.2, 0.25) is 0 Å². The maximum Gasteiger partial charge on any atom is 0.496 e. The Balaban J connectivity index is 1.56. The summed E-state index contributed by atoms with van der Waals surface area (Å²) in [5, 5.41) is 11.1. The second kappa shape index (κ2) is 7.68. The number of carbonyl (C=O) groups excluding carboxylic acids is 1. The van der Waals surface area contributed by atoms with Crippen LogP contribution < -0.4 is 16.1 Å². The summed E-state index contributed by atoms with van der Waals surface area (Å²) in [5.74, 6) is -0.292. The van der Waals surface area contributed by atoms with Crippen molar-refractivity contribution in [2.24, 2.45) is 0 Å². The fourth-order valence-electron chi connectivity index (χ4n) is 3.87. The molecule has 0 spiro atoms. The fourth-order valence-corrected chi connectivity index (χ4v) is 4.13. The number of hydrogen-bond donors (Lipinski definition) is 2. The lowest BCUT2D eigenvalue weighted by atomic mass is 9.79. The lowest BCUT2D eigenvalue weighted by molar-refractivity contribution is 0.00578. The summed E-state index contributed by atoms with van der Waals surface area (Å²) in [4.78, 5) is 12.9. The van der Waals surface area contributed by atoms with Crippen molar-refractivity contribution in [1.29, 1.82) is 0 Å². The molecule has 0 saturated carbocycles. The molecule has 1 atom stereocenters. The molecule has 1 amide bonds. The standard InChI is InChI=1S/C21H28BClN4O3/c1-20(2)21(3,4)30-22(29-20)13-8-6-9-15(18(13)23)25-19(28)16-12-17-14(24-5)10-7-11-27(17)26-16/h6,8-9,12,14,24H,7,10-11H2,1-5H3,(H,25,28)/t14-/m0/s1. The van der Waals surface area contributed by atoms with Crippen LogP contribution in [0.1, 0.15) is 62.8 Å². The number of hydrogen-bond acceptors (Lipinski definition) is 5. The molecule has 1 saturated heterocycles. The van der Waals surface area contributed by atoms with Crippen molar-refractivity contribution in [3.63, 3.8) is 0 Å². The third-order valence-electron chi connectivity index (χ3n) is 6.40. The summed E-state index contributed by atoms with van der Waals surface area (Å²) in [7, 11) is 1.32. The Labute approximate surface area is 182 Å². The molecule has 9 heteroatoms. The van der Waals surface area contributed by atoms with Gasteiger partial charge in [-0.25, -0.2) is 0 Å². The van der Waals surface area contributed by atoms with Crippen molar-refractivity contribution < 1.29 is 14.1 Å². The Morgan fingerprint density at radius 1 is 1.27 bits per heavy atom. The summed E-state index contributed by atoms with van der Waals surface area (Å²) >= 11 is 6.64. The summed E-state index contributed by atoms with van der Waals surface area (Å²) in [5.41, 5.74) is 1.66. The largest absolute Gasteiger partial charge is 0.496 e. The van der Waals surface area contributed by atoms with E-state index >= 15 is 0 Å². The van der Waals surface area contributed by atoms with Crippen molar-refractivity contribution in [3.8, 4) is 0 Å². The van der Waals surface area contributed by atoms with Gasteiger partial charge in [-0.15, -0.1) is 0 Å². The van der Waals surface area contributed by atoms with Crippen LogP contribution in [0.4, 0.5) is 5.69 Å². The lowest BCUT2D eigenvalue weighted by Crippen LogP contribution is -2.41. The second-order valence-corrected chi connectivity index (χ2v) is 9.29. The number of aryl methyl sites for hydroxylation is 1. The average molecular weight is 431 g/mol. The van der Waals surface area contributed by atoms with Crippen LogP contribution in [-0.4, -0.2) is 41.1 Å². The molecule has 2 N–H and O–H groups in total. The van der Waals surface area contributed by atoms with E-state index in [0.717, 1.165) is 25.1 Å². The highest BCUT2D eigenvalue weighted by Gasteiger charge is 2.52. The third kappa shape index (κ3) is 3.66. The zero-order valence-electron chi connectivity index (χ0n) is 18.1. The molecule has 1 aromatic heterocycles. The summed E-state index contributed by atoms with van der Waals surface area (Å²) in [6.45, 7) is 8.78. The lowest BCUT2D eigenvalue weighted by Gasteiger charge is -2.32. The SMILES string of the molecule is CN[C@H]1CCCn2nc(C(=O)Nc3cccc(B4OC(C)(C)C(C)(C)O4)c3Cl)cc21. The molecule has 0 bridgehead atoms. The van der Waals surface area contributed by atoms with Gasteiger partial charge in [0.05, 0.1) is 27.6 Å². The van der Waals surface area contributed by atoms with Crippen molar-refractivity contribution in [2.45, 2.75) is 64.3 Å². The zero-order valence-corrected chi connectivity index (χ0v) is 18.8. The molecule has 0 radical (unpaired) electrons. The minimum atomic E-state index is -0.601. The normalized spacial score (nSPS) is 22.1. The van der Waals surface area contributed by atoms with Crippen LogP contribution in [0.25, 0.3) is 0 Å².